The van der Waals surface area contributed by atoms with Gasteiger partial charge in [0.1, 0.15) is 5.75 Å². The Morgan fingerprint density at radius 2 is 2.12 bits per heavy atom. The summed E-state index contributed by atoms with van der Waals surface area (Å²) in [6.07, 6.45) is 0.391. The van der Waals surface area contributed by atoms with Crippen LogP contribution in [0.25, 0.3) is 0 Å². The molecular weight excluding hydrogens is 226 g/mol. The van der Waals surface area contributed by atoms with Gasteiger partial charge in [0.15, 0.2) is 0 Å². The van der Waals surface area contributed by atoms with Crippen LogP contribution in [0.4, 0.5) is 0 Å². The summed E-state index contributed by atoms with van der Waals surface area (Å²) in [6, 6.07) is 3.48. The van der Waals surface area contributed by atoms with Crippen molar-refractivity contribution in [2.45, 2.75) is 32.9 Å². The van der Waals surface area contributed by atoms with E-state index in [0.29, 0.717) is 24.5 Å². The fourth-order valence-corrected chi connectivity index (χ4v) is 1.77. The maximum atomic E-state index is 9.78. The van der Waals surface area contributed by atoms with Crippen molar-refractivity contribution in [1.29, 1.82) is 0 Å². The zero-order valence-corrected chi connectivity index (χ0v) is 10.4. The van der Waals surface area contributed by atoms with Gasteiger partial charge in [-0.2, -0.15) is 0 Å². The lowest BCUT2D eigenvalue weighted by atomic mass is 10.1. The van der Waals surface area contributed by atoms with Crippen LogP contribution in [-0.4, -0.2) is 22.9 Å². The normalized spacial score (nSPS) is 12.8. The van der Waals surface area contributed by atoms with Gasteiger partial charge < -0.3 is 15.5 Å². The molecular formula is C12H18ClNO2. The molecule has 0 aliphatic rings. The minimum atomic E-state index is -0.304. The first-order chi connectivity index (χ1) is 7.50. The van der Waals surface area contributed by atoms with Gasteiger partial charge in [-0.05, 0) is 44.5 Å². The highest BCUT2D eigenvalue weighted by atomic mass is 35.5. The largest absolute Gasteiger partial charge is 0.507 e. The van der Waals surface area contributed by atoms with Crippen molar-refractivity contribution < 1.29 is 10.2 Å². The number of phenolic OH excluding ortho intramolecular Hbond substituents is 1. The van der Waals surface area contributed by atoms with Gasteiger partial charge in [0.2, 0.25) is 0 Å². The lowest BCUT2D eigenvalue weighted by molar-refractivity contribution is 0.183. The molecule has 0 heterocycles. The Kier molecular flexibility index (Phi) is 5.06. The fraction of sp³-hybridized carbons (Fsp3) is 0.500. The molecule has 0 saturated carbocycles. The second-order valence-corrected chi connectivity index (χ2v) is 4.48. The standard InChI is InChI=1S/C12H18ClNO2/c1-8-5-11(13)6-10(12(8)16)7-14-4-3-9(2)15/h5-6,9,14-16H,3-4,7H2,1-2H3. The molecule has 3 N–H and O–H groups in total. The van der Waals surface area contributed by atoms with E-state index in [9.17, 15) is 5.11 Å². The molecule has 0 bridgehead atoms. The van der Waals surface area contributed by atoms with E-state index < -0.39 is 0 Å². The second-order valence-electron chi connectivity index (χ2n) is 4.04. The molecule has 90 valence electrons. The van der Waals surface area contributed by atoms with Gasteiger partial charge in [-0.25, -0.2) is 0 Å². The molecule has 0 fully saturated rings. The Morgan fingerprint density at radius 3 is 2.75 bits per heavy atom. The van der Waals surface area contributed by atoms with Crippen molar-refractivity contribution in [3.05, 3.63) is 28.3 Å². The van der Waals surface area contributed by atoms with E-state index in [0.717, 1.165) is 11.1 Å². The minimum Gasteiger partial charge on any atom is -0.507 e. The number of benzene rings is 1. The molecule has 0 saturated heterocycles. The van der Waals surface area contributed by atoms with E-state index in [1.54, 1.807) is 19.1 Å². The molecule has 0 aliphatic heterocycles. The van der Waals surface area contributed by atoms with E-state index in [1.165, 1.54) is 0 Å². The van der Waals surface area contributed by atoms with Gasteiger partial charge in [0, 0.05) is 17.1 Å². The summed E-state index contributed by atoms with van der Waals surface area (Å²) in [4.78, 5) is 0. The van der Waals surface area contributed by atoms with Crippen molar-refractivity contribution in [3.8, 4) is 5.75 Å². The zero-order chi connectivity index (χ0) is 12.1. The Hall–Kier alpha value is -0.770. The van der Waals surface area contributed by atoms with Gasteiger partial charge in [0.25, 0.3) is 0 Å². The Morgan fingerprint density at radius 1 is 1.44 bits per heavy atom. The highest BCUT2D eigenvalue weighted by Crippen LogP contribution is 2.26. The van der Waals surface area contributed by atoms with E-state index >= 15 is 0 Å². The number of aryl methyl sites for hydroxylation is 1. The maximum Gasteiger partial charge on any atom is 0.123 e. The van der Waals surface area contributed by atoms with Crippen molar-refractivity contribution in [2.75, 3.05) is 6.54 Å². The van der Waals surface area contributed by atoms with E-state index in [4.69, 9.17) is 16.7 Å². The zero-order valence-electron chi connectivity index (χ0n) is 9.63. The van der Waals surface area contributed by atoms with Crippen LogP contribution in [0.2, 0.25) is 5.02 Å². The number of aromatic hydroxyl groups is 1. The van der Waals surface area contributed by atoms with E-state index in [-0.39, 0.29) is 11.9 Å². The highest BCUT2D eigenvalue weighted by molar-refractivity contribution is 6.30. The summed E-state index contributed by atoms with van der Waals surface area (Å²) in [5.74, 6) is 0.286. The maximum absolute atomic E-state index is 9.78. The molecule has 4 heteroatoms. The van der Waals surface area contributed by atoms with Gasteiger partial charge in [0.05, 0.1) is 6.10 Å². The summed E-state index contributed by atoms with van der Waals surface area (Å²) in [5.41, 5.74) is 1.57. The third-order valence-corrected chi connectivity index (χ3v) is 2.62. The molecule has 3 nitrogen and oxygen atoms in total. The number of hydrogen-bond donors (Lipinski definition) is 3. The molecule has 1 rings (SSSR count). The Balaban J connectivity index is 2.53. The number of halogens is 1. The monoisotopic (exact) mass is 243 g/mol. The van der Waals surface area contributed by atoms with Crippen molar-refractivity contribution in [2.24, 2.45) is 0 Å². The SMILES string of the molecule is Cc1cc(Cl)cc(CNCCC(C)O)c1O. The van der Waals surface area contributed by atoms with Crippen LogP contribution < -0.4 is 5.32 Å². The third-order valence-electron chi connectivity index (χ3n) is 2.40. The summed E-state index contributed by atoms with van der Waals surface area (Å²) < 4.78 is 0. The van der Waals surface area contributed by atoms with Gasteiger partial charge in [-0.15, -0.1) is 0 Å². The molecule has 16 heavy (non-hydrogen) atoms. The van der Waals surface area contributed by atoms with Crippen molar-refractivity contribution in [1.82, 2.24) is 5.32 Å². The summed E-state index contributed by atoms with van der Waals surface area (Å²) >= 11 is 5.91. The topological polar surface area (TPSA) is 52.5 Å². The highest BCUT2D eigenvalue weighted by Gasteiger charge is 2.06. The first-order valence-corrected chi connectivity index (χ1v) is 5.75. The van der Waals surface area contributed by atoms with Crippen molar-refractivity contribution >= 4 is 11.6 Å². The fourth-order valence-electron chi connectivity index (χ4n) is 1.47. The van der Waals surface area contributed by atoms with E-state index in [1.807, 2.05) is 6.92 Å². The predicted molar refractivity (Wildman–Crippen MR) is 65.9 cm³/mol. The smallest absolute Gasteiger partial charge is 0.123 e. The number of aliphatic hydroxyl groups excluding tert-OH is 1. The lowest BCUT2D eigenvalue weighted by Crippen LogP contribution is -2.18. The molecule has 0 aromatic heterocycles. The summed E-state index contributed by atoms with van der Waals surface area (Å²) in [7, 11) is 0. The number of rotatable bonds is 5. The first-order valence-electron chi connectivity index (χ1n) is 5.37. The average molecular weight is 244 g/mol. The molecule has 0 amide bonds. The molecule has 1 aromatic rings. The van der Waals surface area contributed by atoms with Crippen LogP contribution in [-0.2, 0) is 6.54 Å². The van der Waals surface area contributed by atoms with Gasteiger partial charge in [-0.3, -0.25) is 0 Å². The van der Waals surface area contributed by atoms with Gasteiger partial charge in [-0.1, -0.05) is 11.6 Å². The van der Waals surface area contributed by atoms with Crippen LogP contribution in [0.5, 0.6) is 5.75 Å². The number of aliphatic hydroxyl groups is 1. The van der Waals surface area contributed by atoms with Crippen LogP contribution in [0.1, 0.15) is 24.5 Å². The number of phenols is 1. The molecule has 0 aliphatic carbocycles. The average Bonchev–Trinajstić information content (AvgIpc) is 2.19. The summed E-state index contributed by atoms with van der Waals surface area (Å²) in [6.45, 7) is 4.84. The lowest BCUT2D eigenvalue weighted by Gasteiger charge is -2.10. The van der Waals surface area contributed by atoms with E-state index in [2.05, 4.69) is 5.32 Å². The molecule has 1 atom stereocenters. The Labute approximate surface area is 101 Å². The predicted octanol–water partition coefficient (Wildman–Crippen LogP) is 2.21. The number of nitrogens with one attached hydrogen (secondary N) is 1. The van der Waals surface area contributed by atoms with Crippen LogP contribution in [0.3, 0.4) is 0 Å². The van der Waals surface area contributed by atoms with Crippen LogP contribution >= 0.6 is 11.6 Å². The molecule has 1 unspecified atom stereocenters. The van der Waals surface area contributed by atoms with Gasteiger partial charge >= 0.3 is 0 Å². The summed E-state index contributed by atoms with van der Waals surface area (Å²) in [5, 5.41) is 22.6. The van der Waals surface area contributed by atoms with Crippen LogP contribution in [0, 0.1) is 6.92 Å². The first kappa shape index (κ1) is 13.3. The van der Waals surface area contributed by atoms with Crippen LogP contribution in [0.15, 0.2) is 12.1 Å². The molecule has 0 radical (unpaired) electrons. The quantitative estimate of drug-likeness (QED) is 0.695. The minimum absolute atomic E-state index is 0.286. The number of hydrogen-bond acceptors (Lipinski definition) is 3. The molecule has 0 spiro atoms. The van der Waals surface area contributed by atoms with Crippen molar-refractivity contribution in [3.63, 3.8) is 0 Å². The molecule has 1 aromatic carbocycles. The second kappa shape index (κ2) is 6.09. The third kappa shape index (κ3) is 4.00. The Bertz CT molecular complexity index is 353.